The number of hydrogen-bond donors (Lipinski definition) is 1. The number of benzene rings is 1. The van der Waals surface area contributed by atoms with Crippen LogP contribution in [0.2, 0.25) is 0 Å². The Morgan fingerprint density at radius 3 is 2.91 bits per heavy atom. The summed E-state index contributed by atoms with van der Waals surface area (Å²) >= 11 is 3.62. The zero-order chi connectivity index (χ0) is 15.4. The van der Waals surface area contributed by atoms with Crippen molar-refractivity contribution >= 4 is 29.0 Å². The molecule has 116 valence electrons. The number of rotatable bonds is 5. The topological polar surface area (TPSA) is 46.3 Å². The third kappa shape index (κ3) is 3.37. The van der Waals surface area contributed by atoms with E-state index in [0.29, 0.717) is 13.0 Å². The van der Waals surface area contributed by atoms with E-state index < -0.39 is 0 Å². The van der Waals surface area contributed by atoms with Gasteiger partial charge in [-0.15, -0.1) is 23.1 Å². The van der Waals surface area contributed by atoms with E-state index in [1.165, 1.54) is 15.3 Å². The maximum atomic E-state index is 12.4. The average molecular weight is 332 g/mol. The van der Waals surface area contributed by atoms with Gasteiger partial charge in [0.2, 0.25) is 5.91 Å². The number of thiophene rings is 1. The van der Waals surface area contributed by atoms with Crippen molar-refractivity contribution in [1.82, 2.24) is 4.90 Å². The molecule has 0 aliphatic carbocycles. The van der Waals surface area contributed by atoms with Crippen LogP contribution in [-0.4, -0.2) is 29.6 Å². The molecule has 1 aliphatic rings. The Balaban J connectivity index is 1.78. The lowest BCUT2D eigenvalue weighted by Gasteiger charge is -2.36. The lowest BCUT2D eigenvalue weighted by atomic mass is 10.0. The van der Waals surface area contributed by atoms with Crippen LogP contribution < -0.4 is 5.73 Å². The van der Waals surface area contributed by atoms with Gasteiger partial charge >= 0.3 is 0 Å². The molecule has 5 heteroatoms. The number of thioether (sulfide) groups is 1. The van der Waals surface area contributed by atoms with Crippen molar-refractivity contribution in [1.29, 1.82) is 0 Å². The largest absolute Gasteiger partial charge is 0.334 e. The molecule has 0 radical (unpaired) electrons. The molecule has 2 N–H and O–H groups in total. The fourth-order valence-corrected chi connectivity index (χ4v) is 4.82. The molecule has 1 amide bonds. The van der Waals surface area contributed by atoms with Gasteiger partial charge in [-0.25, -0.2) is 0 Å². The summed E-state index contributed by atoms with van der Waals surface area (Å²) in [6, 6.07) is 12.7. The van der Waals surface area contributed by atoms with E-state index in [0.717, 1.165) is 18.7 Å². The Morgan fingerprint density at radius 2 is 2.14 bits per heavy atom. The van der Waals surface area contributed by atoms with Crippen LogP contribution in [0.1, 0.15) is 22.9 Å². The highest BCUT2D eigenvalue weighted by atomic mass is 32.2. The van der Waals surface area contributed by atoms with Gasteiger partial charge in [0, 0.05) is 35.0 Å². The zero-order valence-electron chi connectivity index (χ0n) is 12.4. The minimum absolute atomic E-state index is 0.166. The van der Waals surface area contributed by atoms with Gasteiger partial charge < -0.3 is 10.6 Å². The molecule has 3 rings (SSSR count). The van der Waals surface area contributed by atoms with Crippen LogP contribution in [0.25, 0.3) is 0 Å². The summed E-state index contributed by atoms with van der Waals surface area (Å²) in [4.78, 5) is 17.1. The molecular weight excluding hydrogens is 312 g/mol. The summed E-state index contributed by atoms with van der Waals surface area (Å²) in [5.74, 6) is 1.07. The van der Waals surface area contributed by atoms with Crippen LogP contribution in [0.15, 0.2) is 46.7 Å². The molecule has 0 saturated carbocycles. The van der Waals surface area contributed by atoms with Crippen LogP contribution in [0, 0.1) is 0 Å². The number of carbonyl (C=O) groups is 1. The monoisotopic (exact) mass is 332 g/mol. The fourth-order valence-electron chi connectivity index (χ4n) is 2.83. The SMILES string of the molecule is NCCC(=O)N1CCc2sccc2C1CSc1ccccc1. The standard InChI is InChI=1S/C17H20N2OS2/c18-9-6-17(20)19-10-7-16-14(8-11-21-16)15(19)12-22-13-4-2-1-3-5-13/h1-5,8,11,15H,6-7,9-10,12,18H2. The molecule has 1 unspecified atom stereocenters. The fraction of sp³-hybridized carbons (Fsp3) is 0.353. The first kappa shape index (κ1) is 15.6. The number of nitrogens with zero attached hydrogens (tertiary/aromatic N) is 1. The van der Waals surface area contributed by atoms with Crippen molar-refractivity contribution in [2.75, 3.05) is 18.8 Å². The second-order valence-corrected chi connectivity index (χ2v) is 7.41. The van der Waals surface area contributed by atoms with E-state index >= 15 is 0 Å². The minimum Gasteiger partial charge on any atom is -0.334 e. The highest BCUT2D eigenvalue weighted by molar-refractivity contribution is 7.99. The van der Waals surface area contributed by atoms with Gasteiger partial charge in [-0.3, -0.25) is 4.79 Å². The van der Waals surface area contributed by atoms with E-state index in [1.54, 1.807) is 11.3 Å². The van der Waals surface area contributed by atoms with Gasteiger partial charge in [0.1, 0.15) is 0 Å². The molecule has 1 aromatic carbocycles. The quantitative estimate of drug-likeness (QED) is 0.855. The van der Waals surface area contributed by atoms with Crippen LogP contribution in [0.5, 0.6) is 0 Å². The Bertz CT molecular complexity index is 627. The van der Waals surface area contributed by atoms with Gasteiger partial charge in [0.25, 0.3) is 0 Å². The molecule has 1 aliphatic heterocycles. The lowest BCUT2D eigenvalue weighted by molar-refractivity contribution is -0.133. The third-order valence-electron chi connectivity index (χ3n) is 3.92. The van der Waals surface area contributed by atoms with E-state index in [1.807, 2.05) is 22.7 Å². The molecule has 0 bridgehead atoms. The Labute approximate surface area is 139 Å². The van der Waals surface area contributed by atoms with Crippen LogP contribution in [-0.2, 0) is 11.2 Å². The predicted octanol–water partition coefficient (Wildman–Crippen LogP) is 3.32. The van der Waals surface area contributed by atoms with Crippen molar-refractivity contribution < 1.29 is 4.79 Å². The Hall–Kier alpha value is -1.30. The van der Waals surface area contributed by atoms with Gasteiger partial charge in [-0.2, -0.15) is 0 Å². The molecule has 3 nitrogen and oxygen atoms in total. The van der Waals surface area contributed by atoms with E-state index in [2.05, 4.69) is 35.7 Å². The molecule has 1 atom stereocenters. The van der Waals surface area contributed by atoms with Crippen LogP contribution >= 0.6 is 23.1 Å². The molecular formula is C17H20N2OS2. The first-order valence-electron chi connectivity index (χ1n) is 7.53. The van der Waals surface area contributed by atoms with E-state index in [-0.39, 0.29) is 11.9 Å². The van der Waals surface area contributed by atoms with Crippen molar-refractivity contribution in [2.45, 2.75) is 23.8 Å². The number of fused-ring (bicyclic) bond motifs is 1. The summed E-state index contributed by atoms with van der Waals surface area (Å²) in [7, 11) is 0. The van der Waals surface area contributed by atoms with Gasteiger partial charge in [-0.1, -0.05) is 18.2 Å². The molecule has 2 aromatic rings. The van der Waals surface area contributed by atoms with Crippen molar-refractivity contribution in [2.24, 2.45) is 5.73 Å². The van der Waals surface area contributed by atoms with Crippen LogP contribution in [0.3, 0.4) is 0 Å². The Morgan fingerprint density at radius 1 is 1.32 bits per heavy atom. The molecule has 0 saturated heterocycles. The van der Waals surface area contributed by atoms with Gasteiger partial charge in [0.05, 0.1) is 6.04 Å². The second-order valence-electron chi connectivity index (χ2n) is 5.31. The number of carbonyl (C=O) groups excluding carboxylic acids is 1. The highest BCUT2D eigenvalue weighted by Gasteiger charge is 2.31. The predicted molar refractivity (Wildman–Crippen MR) is 93.3 cm³/mol. The number of nitrogens with two attached hydrogens (primary N) is 1. The van der Waals surface area contributed by atoms with Gasteiger partial charge in [0.15, 0.2) is 0 Å². The summed E-state index contributed by atoms with van der Waals surface area (Å²) in [6.07, 6.45) is 1.40. The minimum atomic E-state index is 0.166. The maximum absolute atomic E-state index is 12.4. The summed E-state index contributed by atoms with van der Waals surface area (Å²) in [5.41, 5.74) is 6.89. The van der Waals surface area contributed by atoms with E-state index in [4.69, 9.17) is 5.73 Å². The Kier molecular flexibility index (Phi) is 5.18. The molecule has 0 spiro atoms. The normalized spacial score (nSPS) is 17.3. The van der Waals surface area contributed by atoms with Crippen LogP contribution in [0.4, 0.5) is 0 Å². The first-order valence-corrected chi connectivity index (χ1v) is 9.40. The van der Waals surface area contributed by atoms with Crippen molar-refractivity contribution in [3.05, 3.63) is 52.2 Å². The number of hydrogen-bond acceptors (Lipinski definition) is 4. The summed E-state index contributed by atoms with van der Waals surface area (Å²) in [6.45, 7) is 1.23. The average Bonchev–Trinajstić information content (AvgIpc) is 3.02. The summed E-state index contributed by atoms with van der Waals surface area (Å²) < 4.78 is 0. The maximum Gasteiger partial charge on any atom is 0.224 e. The highest BCUT2D eigenvalue weighted by Crippen LogP contribution is 2.37. The lowest BCUT2D eigenvalue weighted by Crippen LogP contribution is -2.41. The molecule has 2 heterocycles. The number of amides is 1. The van der Waals surface area contributed by atoms with E-state index in [9.17, 15) is 4.79 Å². The summed E-state index contributed by atoms with van der Waals surface area (Å²) in [5, 5.41) is 2.14. The second kappa shape index (κ2) is 7.31. The third-order valence-corrected chi connectivity index (χ3v) is 6.01. The van der Waals surface area contributed by atoms with Gasteiger partial charge in [-0.05, 0) is 35.6 Å². The zero-order valence-corrected chi connectivity index (χ0v) is 14.0. The molecule has 0 fully saturated rings. The smallest absolute Gasteiger partial charge is 0.224 e. The van der Waals surface area contributed by atoms with Crippen molar-refractivity contribution in [3.8, 4) is 0 Å². The first-order chi connectivity index (χ1) is 10.8. The molecule has 22 heavy (non-hydrogen) atoms. The van der Waals surface area contributed by atoms with Crippen molar-refractivity contribution in [3.63, 3.8) is 0 Å². The molecule has 1 aromatic heterocycles.